The molecular weight excluding hydrogens is 256 g/mol. The van der Waals surface area contributed by atoms with Crippen LogP contribution in [0.5, 0.6) is 0 Å². The predicted octanol–water partition coefficient (Wildman–Crippen LogP) is 2.44. The van der Waals surface area contributed by atoms with Crippen LogP contribution in [0.1, 0.15) is 48.7 Å². The number of pyridine rings is 1. The summed E-state index contributed by atoms with van der Waals surface area (Å²) in [6, 6.07) is 1.74. The van der Waals surface area contributed by atoms with Crippen LogP contribution in [-0.4, -0.2) is 33.3 Å². The first-order valence-corrected chi connectivity index (χ1v) is 7.05. The first-order valence-electron chi connectivity index (χ1n) is 7.05. The lowest BCUT2D eigenvalue weighted by Crippen LogP contribution is -2.46. The van der Waals surface area contributed by atoms with Gasteiger partial charge in [0.05, 0.1) is 17.8 Å². The van der Waals surface area contributed by atoms with E-state index in [0.29, 0.717) is 11.6 Å². The van der Waals surface area contributed by atoms with Crippen LogP contribution in [0.15, 0.2) is 12.3 Å². The summed E-state index contributed by atoms with van der Waals surface area (Å²) >= 11 is 0. The molecule has 3 N–H and O–H groups in total. The Morgan fingerprint density at radius 2 is 2.35 bits per heavy atom. The van der Waals surface area contributed by atoms with Gasteiger partial charge in [0.1, 0.15) is 5.56 Å². The van der Waals surface area contributed by atoms with Gasteiger partial charge in [-0.3, -0.25) is 4.98 Å². The number of carboxylic acids is 1. The number of aromatic nitrogens is 1. The van der Waals surface area contributed by atoms with Crippen LogP contribution in [0.25, 0.3) is 0 Å². The van der Waals surface area contributed by atoms with Crippen LogP contribution < -0.4 is 5.32 Å². The molecule has 2 atom stereocenters. The summed E-state index contributed by atoms with van der Waals surface area (Å²) in [6.07, 6.45) is 5.28. The SMILES string of the molecule is Cc1cc(NC2(CO)CCCC(C)C2)c(C(=O)O)cn1. The minimum Gasteiger partial charge on any atom is -0.478 e. The molecule has 110 valence electrons. The van der Waals surface area contributed by atoms with Crippen molar-refractivity contribution in [1.82, 2.24) is 4.98 Å². The van der Waals surface area contributed by atoms with E-state index in [0.717, 1.165) is 31.4 Å². The molecule has 2 unspecified atom stereocenters. The van der Waals surface area contributed by atoms with Gasteiger partial charge in [0.25, 0.3) is 0 Å². The third-order valence-corrected chi connectivity index (χ3v) is 4.07. The molecule has 0 radical (unpaired) electrons. The van der Waals surface area contributed by atoms with Crippen LogP contribution in [0.3, 0.4) is 0 Å². The van der Waals surface area contributed by atoms with Gasteiger partial charge in [-0.25, -0.2) is 4.79 Å². The Kier molecular flexibility index (Phi) is 4.28. The van der Waals surface area contributed by atoms with Crippen molar-refractivity contribution in [3.63, 3.8) is 0 Å². The number of hydrogen-bond donors (Lipinski definition) is 3. The van der Waals surface area contributed by atoms with Gasteiger partial charge in [0.2, 0.25) is 0 Å². The van der Waals surface area contributed by atoms with Crippen molar-refractivity contribution in [1.29, 1.82) is 0 Å². The highest BCUT2D eigenvalue weighted by Gasteiger charge is 2.35. The number of aromatic carboxylic acids is 1. The maximum Gasteiger partial charge on any atom is 0.339 e. The Balaban J connectivity index is 2.31. The van der Waals surface area contributed by atoms with Gasteiger partial charge in [-0.15, -0.1) is 0 Å². The molecule has 20 heavy (non-hydrogen) atoms. The Morgan fingerprint density at radius 3 is 2.95 bits per heavy atom. The van der Waals surface area contributed by atoms with Gasteiger partial charge in [-0.05, 0) is 31.7 Å². The Hall–Kier alpha value is -1.62. The highest BCUT2D eigenvalue weighted by atomic mass is 16.4. The van der Waals surface area contributed by atoms with E-state index in [-0.39, 0.29) is 12.2 Å². The van der Waals surface area contributed by atoms with Crippen LogP contribution in [0, 0.1) is 12.8 Å². The number of nitrogens with one attached hydrogen (secondary N) is 1. The van der Waals surface area contributed by atoms with Crippen molar-refractivity contribution in [3.05, 3.63) is 23.5 Å². The smallest absolute Gasteiger partial charge is 0.339 e. The number of carbonyl (C=O) groups is 1. The van der Waals surface area contributed by atoms with Crippen molar-refractivity contribution < 1.29 is 15.0 Å². The maximum absolute atomic E-state index is 11.3. The zero-order valence-corrected chi connectivity index (χ0v) is 12.0. The van der Waals surface area contributed by atoms with Crippen molar-refractivity contribution in [3.8, 4) is 0 Å². The summed E-state index contributed by atoms with van der Waals surface area (Å²) in [5, 5.41) is 22.3. The molecule has 0 aromatic carbocycles. The zero-order chi connectivity index (χ0) is 14.8. The standard InChI is InChI=1S/C15H22N2O3/c1-10-4-3-5-15(7-10,9-18)17-13-6-11(2)16-8-12(13)14(19)20/h6,8,10,18H,3-5,7,9H2,1-2H3,(H,16,17)(H,19,20). The minimum atomic E-state index is -1.00. The molecule has 1 aromatic heterocycles. The van der Waals surface area contributed by atoms with Crippen LogP contribution >= 0.6 is 0 Å². The summed E-state index contributed by atoms with van der Waals surface area (Å²) in [7, 11) is 0. The number of carboxylic acid groups (broad SMARTS) is 1. The molecule has 0 spiro atoms. The summed E-state index contributed by atoms with van der Waals surface area (Å²) in [5.41, 5.74) is 1.04. The second kappa shape index (κ2) is 5.79. The van der Waals surface area contributed by atoms with Crippen molar-refractivity contribution in [2.45, 2.75) is 45.1 Å². The summed E-state index contributed by atoms with van der Waals surface area (Å²) < 4.78 is 0. The Bertz CT molecular complexity index is 504. The van der Waals surface area contributed by atoms with Crippen LogP contribution in [0.2, 0.25) is 0 Å². The topological polar surface area (TPSA) is 82.5 Å². The van der Waals surface area contributed by atoms with E-state index in [4.69, 9.17) is 0 Å². The third kappa shape index (κ3) is 3.10. The minimum absolute atomic E-state index is 0.0117. The van der Waals surface area contributed by atoms with E-state index in [1.54, 1.807) is 6.07 Å². The Labute approximate surface area is 119 Å². The maximum atomic E-state index is 11.3. The van der Waals surface area contributed by atoms with Crippen molar-refractivity contribution in [2.75, 3.05) is 11.9 Å². The molecule has 5 nitrogen and oxygen atoms in total. The number of nitrogens with zero attached hydrogens (tertiary/aromatic N) is 1. The van der Waals surface area contributed by atoms with Crippen molar-refractivity contribution in [2.24, 2.45) is 5.92 Å². The van der Waals surface area contributed by atoms with E-state index < -0.39 is 11.5 Å². The third-order valence-electron chi connectivity index (χ3n) is 4.07. The lowest BCUT2D eigenvalue weighted by atomic mass is 9.76. The van der Waals surface area contributed by atoms with Gasteiger partial charge >= 0.3 is 5.97 Å². The van der Waals surface area contributed by atoms with E-state index in [9.17, 15) is 15.0 Å². The highest BCUT2D eigenvalue weighted by Crippen LogP contribution is 2.35. The van der Waals surface area contributed by atoms with Gasteiger partial charge in [-0.1, -0.05) is 19.8 Å². The lowest BCUT2D eigenvalue weighted by molar-refractivity contribution is 0.0697. The van der Waals surface area contributed by atoms with E-state index in [2.05, 4.69) is 17.2 Å². The van der Waals surface area contributed by atoms with Crippen molar-refractivity contribution >= 4 is 11.7 Å². The molecule has 1 aliphatic carbocycles. The largest absolute Gasteiger partial charge is 0.478 e. The average Bonchev–Trinajstić information content (AvgIpc) is 2.38. The molecule has 1 saturated carbocycles. The van der Waals surface area contributed by atoms with E-state index >= 15 is 0 Å². The van der Waals surface area contributed by atoms with Crippen LogP contribution in [0.4, 0.5) is 5.69 Å². The Morgan fingerprint density at radius 1 is 1.60 bits per heavy atom. The van der Waals surface area contributed by atoms with Gasteiger partial charge in [-0.2, -0.15) is 0 Å². The molecule has 1 aromatic rings. The number of aryl methyl sites for hydroxylation is 1. The molecular formula is C15H22N2O3. The fourth-order valence-corrected chi connectivity index (χ4v) is 3.08. The summed E-state index contributed by atoms with van der Waals surface area (Å²) in [4.78, 5) is 15.3. The second-order valence-corrected chi connectivity index (χ2v) is 5.94. The molecule has 1 aliphatic rings. The molecule has 0 aliphatic heterocycles. The summed E-state index contributed by atoms with van der Waals surface area (Å²) in [6.45, 7) is 4.00. The predicted molar refractivity (Wildman–Crippen MR) is 77.0 cm³/mol. The quantitative estimate of drug-likeness (QED) is 0.788. The number of rotatable bonds is 4. The number of anilines is 1. The average molecular weight is 278 g/mol. The highest BCUT2D eigenvalue weighted by molar-refractivity contribution is 5.94. The van der Waals surface area contributed by atoms with Gasteiger partial charge < -0.3 is 15.5 Å². The van der Waals surface area contributed by atoms with Gasteiger partial charge in [0.15, 0.2) is 0 Å². The summed E-state index contributed by atoms with van der Waals surface area (Å²) in [5.74, 6) is -0.475. The fraction of sp³-hybridized carbons (Fsp3) is 0.600. The second-order valence-electron chi connectivity index (χ2n) is 5.94. The number of hydrogen-bond acceptors (Lipinski definition) is 4. The lowest BCUT2D eigenvalue weighted by Gasteiger charge is -2.40. The number of aliphatic hydroxyl groups excluding tert-OH is 1. The number of aliphatic hydroxyl groups is 1. The van der Waals surface area contributed by atoms with E-state index in [1.807, 2.05) is 6.92 Å². The monoisotopic (exact) mass is 278 g/mol. The molecule has 1 heterocycles. The first-order chi connectivity index (χ1) is 9.46. The fourth-order valence-electron chi connectivity index (χ4n) is 3.08. The molecule has 0 bridgehead atoms. The molecule has 1 fully saturated rings. The molecule has 5 heteroatoms. The van der Waals surface area contributed by atoms with Gasteiger partial charge in [0, 0.05) is 11.9 Å². The molecule has 2 rings (SSSR count). The normalized spacial score (nSPS) is 26.2. The van der Waals surface area contributed by atoms with Crippen LogP contribution in [-0.2, 0) is 0 Å². The van der Waals surface area contributed by atoms with E-state index in [1.165, 1.54) is 6.20 Å². The molecule has 0 amide bonds. The zero-order valence-electron chi connectivity index (χ0n) is 12.0. The molecule has 0 saturated heterocycles. The first kappa shape index (κ1) is 14.8.